The summed E-state index contributed by atoms with van der Waals surface area (Å²) in [6.45, 7) is 6.85. The van der Waals surface area contributed by atoms with E-state index >= 15 is 0 Å². The third-order valence-electron chi connectivity index (χ3n) is 4.19. The first-order chi connectivity index (χ1) is 10.5. The third-order valence-corrected chi connectivity index (χ3v) is 4.44. The van der Waals surface area contributed by atoms with Crippen LogP contribution in [0.1, 0.15) is 37.7 Å². The second kappa shape index (κ2) is 5.76. The summed E-state index contributed by atoms with van der Waals surface area (Å²) in [5.74, 6) is 1.26. The van der Waals surface area contributed by atoms with E-state index < -0.39 is 0 Å². The minimum absolute atomic E-state index is 0.148. The zero-order valence-corrected chi connectivity index (χ0v) is 13.8. The number of nitrogens with one attached hydrogen (secondary N) is 1. The highest BCUT2D eigenvalue weighted by molar-refractivity contribution is 6.30. The van der Waals surface area contributed by atoms with Gasteiger partial charge in [-0.2, -0.15) is 0 Å². The van der Waals surface area contributed by atoms with Crippen LogP contribution in [0.3, 0.4) is 0 Å². The van der Waals surface area contributed by atoms with E-state index in [1.807, 2.05) is 49.9 Å². The van der Waals surface area contributed by atoms with Crippen LogP contribution >= 0.6 is 11.6 Å². The molecule has 1 aromatic heterocycles. The fourth-order valence-corrected chi connectivity index (χ4v) is 3.11. The molecule has 1 N–H and O–H groups in total. The molecule has 1 atom stereocenters. The van der Waals surface area contributed by atoms with Gasteiger partial charge in [-0.3, -0.25) is 4.79 Å². The van der Waals surface area contributed by atoms with Crippen molar-refractivity contribution in [2.45, 2.75) is 39.2 Å². The number of amides is 1. The Labute approximate surface area is 135 Å². The lowest BCUT2D eigenvalue weighted by Crippen LogP contribution is -2.31. The predicted octanol–water partition coefficient (Wildman–Crippen LogP) is 3.76. The molecule has 1 aliphatic heterocycles. The number of carbonyl (C=O) groups is 1. The maximum atomic E-state index is 12.1. The van der Waals surface area contributed by atoms with Crippen LogP contribution in [-0.2, 0) is 4.79 Å². The molecule has 2 aromatic rings. The van der Waals surface area contributed by atoms with E-state index in [-0.39, 0.29) is 17.9 Å². The van der Waals surface area contributed by atoms with E-state index in [2.05, 4.69) is 4.98 Å². The van der Waals surface area contributed by atoms with E-state index in [1.165, 1.54) is 0 Å². The number of hydrogen-bond acceptors (Lipinski definition) is 2. The lowest BCUT2D eigenvalue weighted by Gasteiger charge is -2.20. The smallest absolute Gasteiger partial charge is 0.223 e. The van der Waals surface area contributed by atoms with Gasteiger partial charge in [0.1, 0.15) is 5.82 Å². The van der Waals surface area contributed by atoms with Crippen molar-refractivity contribution in [3.63, 3.8) is 0 Å². The monoisotopic (exact) mass is 317 g/mol. The SMILES string of the molecule is Cc1[nH]c([C@@H]2CC(=O)N(C(C)C)C2)nc1-c1ccc(Cl)cc1. The van der Waals surface area contributed by atoms with Crippen molar-refractivity contribution in [3.8, 4) is 11.3 Å². The molecular formula is C17H20ClN3O. The van der Waals surface area contributed by atoms with Gasteiger partial charge in [0.05, 0.1) is 5.69 Å². The highest BCUT2D eigenvalue weighted by Gasteiger charge is 2.34. The van der Waals surface area contributed by atoms with Crippen molar-refractivity contribution in [1.29, 1.82) is 0 Å². The maximum Gasteiger partial charge on any atom is 0.223 e. The number of imidazole rings is 1. The van der Waals surface area contributed by atoms with Gasteiger partial charge >= 0.3 is 0 Å². The largest absolute Gasteiger partial charge is 0.345 e. The molecule has 3 rings (SSSR count). The van der Waals surface area contributed by atoms with Crippen molar-refractivity contribution in [2.24, 2.45) is 0 Å². The molecule has 0 aliphatic carbocycles. The Balaban J connectivity index is 1.87. The van der Waals surface area contributed by atoms with Gasteiger partial charge in [-0.25, -0.2) is 4.98 Å². The highest BCUT2D eigenvalue weighted by Crippen LogP contribution is 2.31. The number of aryl methyl sites for hydroxylation is 1. The van der Waals surface area contributed by atoms with Crippen molar-refractivity contribution in [3.05, 3.63) is 40.8 Å². The highest BCUT2D eigenvalue weighted by atomic mass is 35.5. The lowest BCUT2D eigenvalue weighted by molar-refractivity contribution is -0.129. The minimum Gasteiger partial charge on any atom is -0.345 e. The number of benzene rings is 1. The van der Waals surface area contributed by atoms with Gasteiger partial charge in [-0.05, 0) is 32.9 Å². The van der Waals surface area contributed by atoms with Crippen LogP contribution in [0.5, 0.6) is 0 Å². The molecule has 1 saturated heterocycles. The Morgan fingerprint density at radius 3 is 2.59 bits per heavy atom. The number of nitrogens with zero attached hydrogens (tertiary/aromatic N) is 2. The summed E-state index contributed by atoms with van der Waals surface area (Å²) < 4.78 is 0. The van der Waals surface area contributed by atoms with Crippen LogP contribution in [0.2, 0.25) is 5.02 Å². The molecule has 0 unspecified atom stereocenters. The lowest BCUT2D eigenvalue weighted by atomic mass is 10.1. The van der Waals surface area contributed by atoms with Gasteiger partial charge in [-0.1, -0.05) is 23.7 Å². The van der Waals surface area contributed by atoms with Gasteiger partial charge in [0.2, 0.25) is 5.91 Å². The average Bonchev–Trinajstić information content (AvgIpc) is 3.03. The molecule has 5 heteroatoms. The Morgan fingerprint density at radius 2 is 2.00 bits per heavy atom. The summed E-state index contributed by atoms with van der Waals surface area (Å²) in [6, 6.07) is 7.91. The molecule has 4 nitrogen and oxygen atoms in total. The van der Waals surface area contributed by atoms with Gasteiger partial charge in [-0.15, -0.1) is 0 Å². The summed E-state index contributed by atoms with van der Waals surface area (Å²) in [4.78, 5) is 22.1. The van der Waals surface area contributed by atoms with Crippen molar-refractivity contribution >= 4 is 17.5 Å². The van der Waals surface area contributed by atoms with Crippen molar-refractivity contribution in [2.75, 3.05) is 6.54 Å². The van der Waals surface area contributed by atoms with E-state index in [9.17, 15) is 4.79 Å². The van der Waals surface area contributed by atoms with Crippen molar-refractivity contribution in [1.82, 2.24) is 14.9 Å². The predicted molar refractivity (Wildman–Crippen MR) is 88.0 cm³/mol. The van der Waals surface area contributed by atoms with Gasteiger partial charge in [0.15, 0.2) is 0 Å². The van der Waals surface area contributed by atoms with E-state index in [0.29, 0.717) is 11.4 Å². The molecule has 116 valence electrons. The second-order valence-corrected chi connectivity index (χ2v) is 6.58. The minimum atomic E-state index is 0.148. The number of halogens is 1. The van der Waals surface area contributed by atoms with Crippen LogP contribution in [0.4, 0.5) is 0 Å². The number of likely N-dealkylation sites (tertiary alicyclic amines) is 1. The first-order valence-electron chi connectivity index (χ1n) is 7.57. The molecule has 22 heavy (non-hydrogen) atoms. The number of hydrogen-bond donors (Lipinski definition) is 1. The Kier molecular flexibility index (Phi) is 3.96. The van der Waals surface area contributed by atoms with Crippen LogP contribution in [-0.4, -0.2) is 33.4 Å². The molecule has 0 bridgehead atoms. The standard InChI is InChI=1S/C17H20ClN3O/c1-10(2)21-9-13(8-15(21)22)17-19-11(3)16(20-17)12-4-6-14(18)7-5-12/h4-7,10,13H,8-9H2,1-3H3,(H,19,20)/t13-/m1/s1. The van der Waals surface area contributed by atoms with E-state index in [0.717, 1.165) is 29.3 Å². The zero-order valence-electron chi connectivity index (χ0n) is 13.1. The number of rotatable bonds is 3. The quantitative estimate of drug-likeness (QED) is 0.937. The summed E-state index contributed by atoms with van der Waals surface area (Å²) in [6.07, 6.45) is 0.533. The third kappa shape index (κ3) is 2.75. The van der Waals surface area contributed by atoms with Crippen LogP contribution < -0.4 is 0 Å². The molecule has 0 saturated carbocycles. The number of aromatic amines is 1. The number of H-pyrrole nitrogens is 1. The molecule has 2 heterocycles. The molecular weight excluding hydrogens is 298 g/mol. The maximum absolute atomic E-state index is 12.1. The van der Waals surface area contributed by atoms with Gasteiger partial charge in [0.25, 0.3) is 0 Å². The van der Waals surface area contributed by atoms with Crippen LogP contribution in [0, 0.1) is 6.92 Å². The fourth-order valence-electron chi connectivity index (χ4n) is 2.98. The first kappa shape index (κ1) is 15.1. The first-order valence-corrected chi connectivity index (χ1v) is 7.95. The van der Waals surface area contributed by atoms with Crippen LogP contribution in [0.15, 0.2) is 24.3 Å². The topological polar surface area (TPSA) is 49.0 Å². The summed E-state index contributed by atoms with van der Waals surface area (Å²) in [5, 5.41) is 0.714. The number of carbonyl (C=O) groups excluding carboxylic acids is 1. The Bertz CT molecular complexity index is 690. The average molecular weight is 318 g/mol. The van der Waals surface area contributed by atoms with E-state index in [4.69, 9.17) is 16.6 Å². The Morgan fingerprint density at radius 1 is 1.32 bits per heavy atom. The Hall–Kier alpha value is -1.81. The van der Waals surface area contributed by atoms with Gasteiger partial charge < -0.3 is 9.88 Å². The molecule has 1 aliphatic rings. The summed E-state index contributed by atoms with van der Waals surface area (Å²) >= 11 is 5.94. The normalized spacial score (nSPS) is 18.5. The molecule has 1 fully saturated rings. The second-order valence-electron chi connectivity index (χ2n) is 6.14. The van der Waals surface area contributed by atoms with Gasteiger partial charge in [0, 0.05) is 41.2 Å². The zero-order chi connectivity index (χ0) is 15.9. The molecule has 0 radical (unpaired) electrons. The molecule has 0 spiro atoms. The molecule has 1 amide bonds. The number of aromatic nitrogens is 2. The van der Waals surface area contributed by atoms with Crippen molar-refractivity contribution < 1.29 is 4.79 Å². The van der Waals surface area contributed by atoms with Crippen LogP contribution in [0.25, 0.3) is 11.3 Å². The summed E-state index contributed by atoms with van der Waals surface area (Å²) in [5.41, 5.74) is 2.99. The molecule has 1 aromatic carbocycles. The van der Waals surface area contributed by atoms with E-state index in [1.54, 1.807) is 0 Å². The summed E-state index contributed by atoms with van der Waals surface area (Å²) in [7, 11) is 0. The fraction of sp³-hybridized carbons (Fsp3) is 0.412.